The van der Waals surface area contributed by atoms with Crippen LogP contribution < -0.4 is 21.4 Å². The summed E-state index contributed by atoms with van der Waals surface area (Å²) in [5, 5.41) is 3.49. The van der Waals surface area contributed by atoms with Gasteiger partial charge in [-0.1, -0.05) is 11.5 Å². The number of carbonyl (C=O) groups excluding carboxylic acids is 1. The van der Waals surface area contributed by atoms with Gasteiger partial charge in [-0.15, -0.1) is 0 Å². The van der Waals surface area contributed by atoms with Crippen LogP contribution in [0.4, 0.5) is 0 Å². The van der Waals surface area contributed by atoms with Crippen LogP contribution in [0, 0.1) is 0 Å². The van der Waals surface area contributed by atoms with Gasteiger partial charge in [-0.05, 0) is 54.6 Å². The summed E-state index contributed by atoms with van der Waals surface area (Å²) in [6, 6.07) is 11.4. The number of nitrogens with zero attached hydrogens (tertiary/aromatic N) is 1. The lowest BCUT2D eigenvalue weighted by molar-refractivity contribution is 0.111. The van der Waals surface area contributed by atoms with E-state index in [9.17, 15) is 4.79 Å². The summed E-state index contributed by atoms with van der Waals surface area (Å²) in [5.41, 5.74) is 8.67. The molecule has 0 saturated heterocycles. The quantitative estimate of drug-likeness (QED) is 0.568. The highest BCUT2D eigenvalue weighted by molar-refractivity contribution is 5.78. The third kappa shape index (κ3) is 3.43. The van der Waals surface area contributed by atoms with Crippen molar-refractivity contribution < 1.29 is 4.79 Å². The van der Waals surface area contributed by atoms with Crippen LogP contribution in [-0.2, 0) is 0 Å². The third-order valence-corrected chi connectivity index (χ3v) is 3.65. The number of allylic oxidation sites excluding steroid dienone is 2. The zero-order valence-electron chi connectivity index (χ0n) is 13.2. The molecule has 0 saturated carbocycles. The minimum Gasteiger partial charge on any atom is -0.353 e. The van der Waals surface area contributed by atoms with Crippen LogP contribution in [0.15, 0.2) is 59.2 Å². The molecule has 0 aliphatic carbocycles. The second kappa shape index (κ2) is 6.38. The standard InChI is InChI=1S/C20H14N4O/c25-13-20-8-7-19(24-20)12-18-6-5-17(23-18)11-16-4-3-15(22-16)10-14-2-1-9-21-14/h1-9,12-13,22-24H. The fourth-order valence-corrected chi connectivity index (χ4v) is 2.52. The lowest BCUT2D eigenvalue weighted by Gasteiger charge is -1.83. The topological polar surface area (TPSA) is 76.8 Å². The summed E-state index contributed by atoms with van der Waals surface area (Å²) >= 11 is 0. The second-order valence-electron chi connectivity index (χ2n) is 5.52. The monoisotopic (exact) mass is 326 g/mol. The predicted molar refractivity (Wildman–Crippen MR) is 96.9 cm³/mol. The van der Waals surface area contributed by atoms with Crippen LogP contribution in [-0.4, -0.2) is 27.5 Å². The van der Waals surface area contributed by atoms with Crippen LogP contribution in [0.2, 0.25) is 0 Å². The Morgan fingerprint density at radius 2 is 1.60 bits per heavy atom. The van der Waals surface area contributed by atoms with Gasteiger partial charge in [0.05, 0.1) is 21.7 Å². The lowest BCUT2D eigenvalue weighted by Crippen LogP contribution is -2.13. The fourth-order valence-electron chi connectivity index (χ4n) is 2.52. The molecule has 4 rings (SSSR count). The van der Waals surface area contributed by atoms with Crippen LogP contribution in [0.1, 0.15) is 16.2 Å². The maximum absolute atomic E-state index is 10.7. The van der Waals surface area contributed by atoms with E-state index in [1.54, 1.807) is 12.3 Å². The van der Waals surface area contributed by atoms with Gasteiger partial charge in [0.25, 0.3) is 0 Å². The minimum atomic E-state index is 0.557. The highest BCUT2D eigenvalue weighted by Crippen LogP contribution is 2.00. The molecule has 4 heterocycles. The van der Waals surface area contributed by atoms with E-state index in [4.69, 9.17) is 0 Å². The van der Waals surface area contributed by atoms with Gasteiger partial charge < -0.3 is 15.0 Å². The molecule has 0 radical (unpaired) electrons. The first kappa shape index (κ1) is 14.8. The fraction of sp³-hybridized carbons (Fsp3) is 0. The van der Waals surface area contributed by atoms with Gasteiger partial charge in [0, 0.05) is 17.3 Å². The molecule has 0 amide bonds. The normalized spacial score (nSPS) is 13.3. The zero-order valence-corrected chi connectivity index (χ0v) is 13.2. The number of hydrogen-bond acceptors (Lipinski definition) is 2. The van der Waals surface area contributed by atoms with E-state index in [1.807, 2.05) is 48.6 Å². The van der Waals surface area contributed by atoms with E-state index in [-0.39, 0.29) is 0 Å². The maximum Gasteiger partial charge on any atom is 0.166 e. The molecule has 1 aliphatic heterocycles. The molecule has 3 aromatic heterocycles. The van der Waals surface area contributed by atoms with Crippen LogP contribution in [0.25, 0.3) is 17.5 Å². The average molecular weight is 326 g/mol. The van der Waals surface area contributed by atoms with Gasteiger partial charge in [-0.2, -0.15) is 0 Å². The Balaban J connectivity index is 1.77. The molecule has 120 valence electrons. The van der Waals surface area contributed by atoms with E-state index in [0.717, 1.165) is 39.1 Å². The second-order valence-corrected chi connectivity index (χ2v) is 5.52. The first-order chi connectivity index (χ1) is 12.3. The van der Waals surface area contributed by atoms with Crippen molar-refractivity contribution in [3.05, 3.63) is 87.0 Å². The predicted octanol–water partition coefficient (Wildman–Crippen LogP) is -0.0327. The van der Waals surface area contributed by atoms with E-state index < -0.39 is 0 Å². The summed E-state index contributed by atoms with van der Waals surface area (Å²) < 4.78 is 0. The minimum absolute atomic E-state index is 0.557. The molecule has 0 atom stereocenters. The van der Waals surface area contributed by atoms with Crippen molar-refractivity contribution in [2.75, 3.05) is 0 Å². The number of rotatable bonds is 2. The molecule has 0 aromatic carbocycles. The summed E-state index contributed by atoms with van der Waals surface area (Å²) in [7, 11) is 0. The van der Waals surface area contributed by atoms with Gasteiger partial charge >= 0.3 is 0 Å². The first-order valence-corrected chi connectivity index (χ1v) is 7.77. The Hall–Kier alpha value is -3.78. The number of hydrogen-bond donors (Lipinski definition) is 3. The molecule has 0 fully saturated rings. The summed E-state index contributed by atoms with van der Waals surface area (Å²) in [6.07, 6.45) is 8.24. The van der Waals surface area contributed by atoms with Crippen molar-refractivity contribution in [1.29, 1.82) is 0 Å². The highest BCUT2D eigenvalue weighted by Gasteiger charge is 1.94. The van der Waals surface area contributed by atoms with Gasteiger partial charge in [-0.3, -0.25) is 4.79 Å². The van der Waals surface area contributed by atoms with Crippen molar-refractivity contribution in [3.63, 3.8) is 0 Å². The number of aromatic amines is 3. The number of H-pyrrole nitrogens is 3. The SMILES string of the molecule is O=Cc1ccc(C=c2ccc(=C=c3ccc(=C=C4C=CC=N4)[nH]3)[nH]2)[nH]1. The third-order valence-electron chi connectivity index (χ3n) is 3.65. The van der Waals surface area contributed by atoms with E-state index in [0.29, 0.717) is 5.69 Å². The van der Waals surface area contributed by atoms with Crippen molar-refractivity contribution in [3.8, 4) is 0 Å². The van der Waals surface area contributed by atoms with E-state index >= 15 is 0 Å². The van der Waals surface area contributed by atoms with Gasteiger partial charge in [-0.25, -0.2) is 4.99 Å². The Morgan fingerprint density at radius 1 is 0.840 bits per heavy atom. The Morgan fingerprint density at radius 3 is 2.36 bits per heavy atom. The molecule has 3 aromatic rings. The summed E-state index contributed by atoms with van der Waals surface area (Å²) in [4.78, 5) is 24.4. The van der Waals surface area contributed by atoms with Gasteiger partial charge in [0.15, 0.2) is 6.29 Å². The van der Waals surface area contributed by atoms with E-state index in [1.165, 1.54) is 0 Å². The average Bonchev–Trinajstić information content (AvgIpc) is 3.38. The number of aromatic nitrogens is 3. The highest BCUT2D eigenvalue weighted by atomic mass is 16.1. The van der Waals surface area contributed by atoms with Crippen molar-refractivity contribution in [1.82, 2.24) is 15.0 Å². The number of aliphatic imine (C=N–C) groups is 1. The number of carbonyl (C=O) groups is 1. The molecule has 0 unspecified atom stereocenters. The van der Waals surface area contributed by atoms with E-state index in [2.05, 4.69) is 31.4 Å². The lowest BCUT2D eigenvalue weighted by atomic mass is 10.4. The first-order valence-electron chi connectivity index (χ1n) is 7.77. The molecular formula is C20H14N4O. The molecule has 25 heavy (non-hydrogen) atoms. The van der Waals surface area contributed by atoms with Crippen molar-refractivity contribution in [2.45, 2.75) is 0 Å². The maximum atomic E-state index is 10.7. The van der Waals surface area contributed by atoms with Crippen LogP contribution in [0.5, 0.6) is 0 Å². The molecule has 3 N–H and O–H groups in total. The Bertz CT molecular complexity index is 1270. The number of nitrogens with one attached hydrogen (secondary N) is 3. The van der Waals surface area contributed by atoms with Gasteiger partial charge in [0.2, 0.25) is 0 Å². The van der Waals surface area contributed by atoms with Crippen LogP contribution >= 0.6 is 0 Å². The molecule has 0 spiro atoms. The largest absolute Gasteiger partial charge is 0.353 e. The smallest absolute Gasteiger partial charge is 0.166 e. The van der Waals surface area contributed by atoms with Gasteiger partial charge in [0.1, 0.15) is 5.70 Å². The summed E-state index contributed by atoms with van der Waals surface area (Å²) in [5.74, 6) is 0. The van der Waals surface area contributed by atoms with Crippen LogP contribution in [0.3, 0.4) is 0 Å². The Kier molecular flexibility index (Phi) is 3.77. The summed E-state index contributed by atoms with van der Waals surface area (Å²) in [6.45, 7) is 0. The zero-order chi connectivity index (χ0) is 17.1. The Labute approximate surface area is 142 Å². The van der Waals surface area contributed by atoms with Crippen molar-refractivity contribution in [2.24, 2.45) is 4.99 Å². The molecule has 5 nitrogen and oxygen atoms in total. The molecular weight excluding hydrogens is 312 g/mol. The molecule has 1 aliphatic rings. The van der Waals surface area contributed by atoms with Crippen molar-refractivity contribution >= 4 is 30.0 Å². The molecule has 0 bridgehead atoms. The number of aldehydes is 1. The molecule has 5 heteroatoms.